The molecule has 6 heteroatoms. The average molecular weight is 282 g/mol. The molecule has 1 aromatic carbocycles. The number of anilines is 1. The number of hydrogen-bond donors (Lipinski definition) is 1. The predicted octanol–water partition coefficient (Wildman–Crippen LogP) is 1.53. The first-order chi connectivity index (χ1) is 10.2. The number of rotatable bonds is 5. The van der Waals surface area contributed by atoms with Crippen molar-refractivity contribution in [2.24, 2.45) is 0 Å². The lowest BCUT2D eigenvalue weighted by Crippen LogP contribution is -2.22. The van der Waals surface area contributed by atoms with Crippen LogP contribution in [-0.2, 0) is 11.3 Å². The lowest BCUT2D eigenvalue weighted by molar-refractivity contribution is -0.116. The van der Waals surface area contributed by atoms with Crippen LogP contribution in [-0.4, -0.2) is 15.5 Å². The van der Waals surface area contributed by atoms with Gasteiger partial charge in [-0.2, -0.15) is 5.26 Å². The van der Waals surface area contributed by atoms with Crippen molar-refractivity contribution in [1.29, 1.82) is 5.26 Å². The summed E-state index contributed by atoms with van der Waals surface area (Å²) in [6.45, 7) is 0.443. The molecular weight excluding hydrogens is 268 g/mol. The lowest BCUT2D eigenvalue weighted by atomic mass is 10.2. The van der Waals surface area contributed by atoms with Crippen molar-refractivity contribution in [1.82, 2.24) is 9.55 Å². The molecule has 2 aromatic rings. The highest BCUT2D eigenvalue weighted by atomic mass is 16.2. The number of carbonyl (C=O) groups excluding carboxylic acids is 1. The third kappa shape index (κ3) is 4.28. The SMILES string of the molecule is N#Cc1cccc(NC(=O)CCCn2cccnc2=O)c1. The quantitative estimate of drug-likeness (QED) is 0.900. The van der Waals surface area contributed by atoms with E-state index in [9.17, 15) is 9.59 Å². The van der Waals surface area contributed by atoms with Crippen molar-refractivity contribution in [3.63, 3.8) is 0 Å². The Hall–Kier alpha value is -2.94. The number of nitrogens with zero attached hydrogens (tertiary/aromatic N) is 3. The summed E-state index contributed by atoms with van der Waals surface area (Å²) in [4.78, 5) is 26.8. The Morgan fingerprint density at radius 3 is 3.00 bits per heavy atom. The maximum absolute atomic E-state index is 11.8. The number of aryl methyl sites for hydroxylation is 1. The first-order valence-corrected chi connectivity index (χ1v) is 6.50. The molecule has 0 bridgehead atoms. The van der Waals surface area contributed by atoms with Crippen molar-refractivity contribution in [2.45, 2.75) is 19.4 Å². The van der Waals surface area contributed by atoms with E-state index < -0.39 is 0 Å². The molecule has 0 saturated carbocycles. The molecule has 0 aliphatic carbocycles. The molecule has 0 fully saturated rings. The Morgan fingerprint density at radius 1 is 1.38 bits per heavy atom. The van der Waals surface area contributed by atoms with Gasteiger partial charge in [0.05, 0.1) is 11.6 Å². The van der Waals surface area contributed by atoms with E-state index in [1.165, 1.54) is 10.8 Å². The monoisotopic (exact) mass is 282 g/mol. The molecule has 1 N–H and O–H groups in total. The average Bonchev–Trinajstić information content (AvgIpc) is 2.49. The molecule has 2 rings (SSSR count). The molecule has 0 atom stereocenters. The fraction of sp³-hybridized carbons (Fsp3) is 0.200. The maximum Gasteiger partial charge on any atom is 0.347 e. The molecule has 0 aliphatic heterocycles. The molecule has 1 heterocycles. The van der Waals surface area contributed by atoms with Gasteiger partial charge in [-0.1, -0.05) is 6.07 Å². The summed E-state index contributed by atoms with van der Waals surface area (Å²) in [6.07, 6.45) is 3.91. The van der Waals surface area contributed by atoms with Gasteiger partial charge in [-0.15, -0.1) is 0 Å². The topological polar surface area (TPSA) is 87.8 Å². The smallest absolute Gasteiger partial charge is 0.326 e. The number of nitriles is 1. The number of amides is 1. The van der Waals surface area contributed by atoms with Crippen LogP contribution in [0.5, 0.6) is 0 Å². The van der Waals surface area contributed by atoms with Crippen molar-refractivity contribution in [3.8, 4) is 6.07 Å². The standard InChI is InChI=1S/C15H14N4O2/c16-11-12-4-1-5-13(10-12)18-14(20)6-2-8-19-9-3-7-17-15(19)21/h1,3-5,7,9-10H,2,6,8H2,(H,18,20). The molecule has 1 amide bonds. The van der Waals surface area contributed by atoms with Crippen molar-refractivity contribution in [3.05, 3.63) is 58.8 Å². The van der Waals surface area contributed by atoms with Gasteiger partial charge in [0.2, 0.25) is 5.91 Å². The van der Waals surface area contributed by atoms with E-state index in [4.69, 9.17) is 5.26 Å². The van der Waals surface area contributed by atoms with Crippen LogP contribution in [0.15, 0.2) is 47.5 Å². The minimum absolute atomic E-state index is 0.151. The van der Waals surface area contributed by atoms with E-state index in [1.54, 1.807) is 36.5 Å². The van der Waals surface area contributed by atoms with E-state index in [1.807, 2.05) is 6.07 Å². The number of carbonyl (C=O) groups is 1. The van der Waals surface area contributed by atoms with Gasteiger partial charge in [-0.3, -0.25) is 9.36 Å². The van der Waals surface area contributed by atoms with Gasteiger partial charge in [0, 0.05) is 31.0 Å². The first-order valence-electron chi connectivity index (χ1n) is 6.50. The molecule has 106 valence electrons. The van der Waals surface area contributed by atoms with Gasteiger partial charge in [0.25, 0.3) is 0 Å². The van der Waals surface area contributed by atoms with Crippen LogP contribution in [0.2, 0.25) is 0 Å². The van der Waals surface area contributed by atoms with Crippen molar-refractivity contribution >= 4 is 11.6 Å². The molecular formula is C15H14N4O2. The summed E-state index contributed by atoms with van der Waals surface area (Å²) in [7, 11) is 0. The molecule has 0 spiro atoms. The number of nitrogens with one attached hydrogen (secondary N) is 1. The van der Waals surface area contributed by atoms with E-state index in [-0.39, 0.29) is 18.0 Å². The van der Waals surface area contributed by atoms with E-state index in [0.717, 1.165) is 0 Å². The molecule has 0 saturated heterocycles. The largest absolute Gasteiger partial charge is 0.347 e. The summed E-state index contributed by atoms with van der Waals surface area (Å²) >= 11 is 0. The summed E-state index contributed by atoms with van der Waals surface area (Å²) < 4.78 is 1.46. The number of hydrogen-bond acceptors (Lipinski definition) is 4. The van der Waals surface area contributed by atoms with E-state index in [0.29, 0.717) is 24.2 Å². The lowest BCUT2D eigenvalue weighted by Gasteiger charge is -2.06. The third-order valence-corrected chi connectivity index (χ3v) is 2.86. The Labute approximate surface area is 121 Å². The summed E-state index contributed by atoms with van der Waals surface area (Å²) in [5, 5.41) is 11.5. The molecule has 0 unspecified atom stereocenters. The molecule has 21 heavy (non-hydrogen) atoms. The molecule has 0 aliphatic rings. The molecule has 6 nitrogen and oxygen atoms in total. The van der Waals surface area contributed by atoms with Crippen LogP contribution in [0, 0.1) is 11.3 Å². The Morgan fingerprint density at radius 2 is 2.24 bits per heavy atom. The fourth-order valence-electron chi connectivity index (χ4n) is 1.86. The minimum atomic E-state index is -0.320. The van der Waals surface area contributed by atoms with Crippen molar-refractivity contribution in [2.75, 3.05) is 5.32 Å². The highest BCUT2D eigenvalue weighted by molar-refractivity contribution is 5.90. The Bertz CT molecular complexity index is 731. The van der Waals surface area contributed by atoms with Gasteiger partial charge < -0.3 is 5.32 Å². The summed E-state index contributed by atoms with van der Waals surface area (Å²) in [6, 6.07) is 10.4. The van der Waals surface area contributed by atoms with Gasteiger partial charge in [-0.05, 0) is 30.7 Å². The predicted molar refractivity (Wildman–Crippen MR) is 77.5 cm³/mol. The van der Waals surface area contributed by atoms with E-state index >= 15 is 0 Å². The van der Waals surface area contributed by atoms with Crippen LogP contribution in [0.4, 0.5) is 5.69 Å². The maximum atomic E-state index is 11.8. The molecule has 1 aromatic heterocycles. The second-order valence-electron chi connectivity index (χ2n) is 4.44. The Kier molecular flexibility index (Phi) is 4.83. The minimum Gasteiger partial charge on any atom is -0.326 e. The normalized spacial score (nSPS) is 9.86. The zero-order chi connectivity index (χ0) is 15.1. The van der Waals surface area contributed by atoms with Crippen LogP contribution >= 0.6 is 0 Å². The van der Waals surface area contributed by atoms with Crippen LogP contribution in [0.1, 0.15) is 18.4 Å². The fourth-order valence-corrected chi connectivity index (χ4v) is 1.86. The highest BCUT2D eigenvalue weighted by Crippen LogP contribution is 2.10. The van der Waals surface area contributed by atoms with E-state index in [2.05, 4.69) is 10.3 Å². The van der Waals surface area contributed by atoms with Crippen LogP contribution < -0.4 is 11.0 Å². The first kappa shape index (κ1) is 14.5. The van der Waals surface area contributed by atoms with Crippen molar-refractivity contribution < 1.29 is 4.79 Å². The van der Waals surface area contributed by atoms with Gasteiger partial charge >= 0.3 is 5.69 Å². The van der Waals surface area contributed by atoms with Crippen LogP contribution in [0.25, 0.3) is 0 Å². The van der Waals surface area contributed by atoms with Crippen LogP contribution in [0.3, 0.4) is 0 Å². The summed E-state index contributed by atoms with van der Waals surface area (Å²) in [5.41, 5.74) is 0.770. The Balaban J connectivity index is 1.84. The number of benzene rings is 1. The van der Waals surface area contributed by atoms with Gasteiger partial charge in [0.15, 0.2) is 0 Å². The zero-order valence-corrected chi connectivity index (χ0v) is 11.3. The number of aromatic nitrogens is 2. The second-order valence-corrected chi connectivity index (χ2v) is 4.44. The second kappa shape index (κ2) is 7.01. The zero-order valence-electron chi connectivity index (χ0n) is 11.3. The van der Waals surface area contributed by atoms with Gasteiger partial charge in [0.1, 0.15) is 0 Å². The highest BCUT2D eigenvalue weighted by Gasteiger charge is 2.04. The molecule has 0 radical (unpaired) electrons. The summed E-state index contributed by atoms with van der Waals surface area (Å²) in [5.74, 6) is -0.151. The third-order valence-electron chi connectivity index (χ3n) is 2.86. The van der Waals surface area contributed by atoms with Gasteiger partial charge in [-0.25, -0.2) is 9.78 Å².